The summed E-state index contributed by atoms with van der Waals surface area (Å²) in [7, 11) is 3.56. The van der Waals surface area contributed by atoms with Crippen molar-refractivity contribution in [3.8, 4) is 0 Å². The number of benzene rings is 1. The maximum absolute atomic E-state index is 12.4. The van der Waals surface area contributed by atoms with Crippen LogP contribution in [0.2, 0.25) is 5.02 Å². The Morgan fingerprint density at radius 2 is 2.24 bits per heavy atom. The third-order valence-electron chi connectivity index (χ3n) is 4.20. The topological polar surface area (TPSA) is 69.3 Å². The first-order valence-corrected chi connectivity index (χ1v) is 8.34. The van der Waals surface area contributed by atoms with Gasteiger partial charge in [-0.05, 0) is 37.1 Å². The van der Waals surface area contributed by atoms with Crippen LogP contribution in [0.15, 0.2) is 28.9 Å². The van der Waals surface area contributed by atoms with Crippen LogP contribution >= 0.6 is 11.6 Å². The van der Waals surface area contributed by atoms with E-state index in [0.29, 0.717) is 35.9 Å². The smallest absolute Gasteiger partial charge is 0.273 e. The van der Waals surface area contributed by atoms with Crippen LogP contribution in [0.1, 0.15) is 27.4 Å². The number of nitrogens with one attached hydrogen (secondary N) is 1. The van der Waals surface area contributed by atoms with Crippen molar-refractivity contribution in [2.75, 3.05) is 13.7 Å². The summed E-state index contributed by atoms with van der Waals surface area (Å²) in [5.74, 6) is 0.331. The zero-order valence-electron chi connectivity index (χ0n) is 14.4. The second-order valence-corrected chi connectivity index (χ2v) is 6.37. The van der Waals surface area contributed by atoms with E-state index in [1.165, 1.54) is 0 Å². The number of carbonyl (C=O) groups excluding carboxylic acids is 1. The molecular formula is C18H20ClN3O3. The van der Waals surface area contributed by atoms with E-state index in [-0.39, 0.29) is 11.6 Å². The van der Waals surface area contributed by atoms with E-state index in [0.717, 1.165) is 16.5 Å². The predicted molar refractivity (Wildman–Crippen MR) is 95.9 cm³/mol. The third-order valence-corrected chi connectivity index (χ3v) is 4.44. The number of fused-ring (bicyclic) bond motifs is 1. The molecule has 2 heterocycles. The molecule has 0 aliphatic rings. The van der Waals surface area contributed by atoms with Crippen molar-refractivity contribution >= 4 is 28.4 Å². The van der Waals surface area contributed by atoms with Crippen molar-refractivity contribution in [1.82, 2.24) is 15.0 Å². The van der Waals surface area contributed by atoms with Crippen LogP contribution in [0.5, 0.6) is 0 Å². The number of hydrogen-bond acceptors (Lipinski definition) is 4. The van der Waals surface area contributed by atoms with Gasteiger partial charge in [0.15, 0.2) is 5.69 Å². The number of rotatable bonds is 6. The third kappa shape index (κ3) is 3.55. The first kappa shape index (κ1) is 17.5. The van der Waals surface area contributed by atoms with Gasteiger partial charge in [-0.1, -0.05) is 16.8 Å². The van der Waals surface area contributed by atoms with Crippen molar-refractivity contribution in [2.24, 2.45) is 7.05 Å². The van der Waals surface area contributed by atoms with Gasteiger partial charge in [0.2, 0.25) is 0 Å². The molecule has 25 heavy (non-hydrogen) atoms. The Balaban J connectivity index is 1.69. The molecule has 0 unspecified atom stereocenters. The molecule has 0 fully saturated rings. The minimum absolute atomic E-state index is 0.262. The monoisotopic (exact) mass is 361 g/mol. The normalized spacial score (nSPS) is 11.2. The minimum Gasteiger partial charge on any atom is -0.380 e. The predicted octanol–water partition coefficient (Wildman–Crippen LogP) is 3.25. The minimum atomic E-state index is -0.262. The van der Waals surface area contributed by atoms with E-state index in [9.17, 15) is 4.79 Å². The second-order valence-electron chi connectivity index (χ2n) is 5.93. The lowest BCUT2D eigenvalue weighted by Gasteiger charge is -2.04. The highest BCUT2D eigenvalue weighted by atomic mass is 35.5. The van der Waals surface area contributed by atoms with Crippen LogP contribution in [0.4, 0.5) is 0 Å². The summed E-state index contributed by atoms with van der Waals surface area (Å²) in [5.41, 5.74) is 3.20. The van der Waals surface area contributed by atoms with Gasteiger partial charge in [0.25, 0.3) is 5.91 Å². The Morgan fingerprint density at radius 3 is 3.00 bits per heavy atom. The highest BCUT2D eigenvalue weighted by Gasteiger charge is 2.19. The molecule has 3 rings (SSSR count). The van der Waals surface area contributed by atoms with E-state index < -0.39 is 0 Å². The summed E-state index contributed by atoms with van der Waals surface area (Å²) >= 11 is 6.10. The standard InChI is InChI=1S/C18H20ClN3O3/c1-11-15(10-24-3)17(21-25-11)18(23)20-7-6-12-9-22(2)16-5-4-13(19)8-14(12)16/h4-5,8-9H,6-7,10H2,1-3H3,(H,20,23). The summed E-state index contributed by atoms with van der Waals surface area (Å²) in [6.07, 6.45) is 2.75. The van der Waals surface area contributed by atoms with E-state index in [4.69, 9.17) is 20.9 Å². The van der Waals surface area contributed by atoms with Crippen molar-refractivity contribution in [2.45, 2.75) is 20.0 Å². The average molecular weight is 362 g/mol. The summed E-state index contributed by atoms with van der Waals surface area (Å²) in [5, 5.41) is 8.52. The first-order chi connectivity index (χ1) is 12.0. The molecule has 0 saturated carbocycles. The van der Waals surface area contributed by atoms with Gasteiger partial charge in [-0.25, -0.2) is 0 Å². The van der Waals surface area contributed by atoms with E-state index in [1.54, 1.807) is 14.0 Å². The lowest BCUT2D eigenvalue weighted by Crippen LogP contribution is -2.27. The molecule has 0 aliphatic carbocycles. The molecule has 1 aromatic carbocycles. The maximum Gasteiger partial charge on any atom is 0.273 e. The molecule has 2 aromatic heterocycles. The molecule has 0 aliphatic heterocycles. The number of hydrogen-bond donors (Lipinski definition) is 1. The van der Waals surface area contributed by atoms with Crippen LogP contribution in [0, 0.1) is 6.92 Å². The molecule has 7 heteroatoms. The lowest BCUT2D eigenvalue weighted by molar-refractivity contribution is 0.0941. The molecule has 1 amide bonds. The number of carbonyl (C=O) groups is 1. The van der Waals surface area contributed by atoms with E-state index >= 15 is 0 Å². The molecule has 6 nitrogen and oxygen atoms in total. The maximum atomic E-state index is 12.4. The lowest BCUT2D eigenvalue weighted by atomic mass is 10.1. The molecule has 0 radical (unpaired) electrons. The fraction of sp³-hybridized carbons (Fsp3) is 0.333. The van der Waals surface area contributed by atoms with Gasteiger partial charge in [0.05, 0.1) is 12.2 Å². The number of amides is 1. The van der Waals surface area contributed by atoms with Crippen molar-refractivity contribution in [1.29, 1.82) is 0 Å². The van der Waals surface area contributed by atoms with Crippen LogP contribution in [0.25, 0.3) is 10.9 Å². The summed E-state index contributed by atoms with van der Waals surface area (Å²) in [6.45, 7) is 2.54. The van der Waals surface area contributed by atoms with Gasteiger partial charge in [-0.2, -0.15) is 0 Å². The molecule has 1 N–H and O–H groups in total. The quantitative estimate of drug-likeness (QED) is 0.731. The van der Waals surface area contributed by atoms with Crippen LogP contribution in [-0.2, 0) is 24.8 Å². The van der Waals surface area contributed by atoms with Crippen LogP contribution in [0.3, 0.4) is 0 Å². The van der Waals surface area contributed by atoms with Gasteiger partial charge in [0, 0.05) is 42.8 Å². The second kappa shape index (κ2) is 7.29. The Kier molecular flexibility index (Phi) is 5.11. The largest absolute Gasteiger partial charge is 0.380 e. The zero-order chi connectivity index (χ0) is 18.0. The number of aryl methyl sites for hydroxylation is 2. The SMILES string of the molecule is COCc1c(C(=O)NCCc2cn(C)c3ccc(Cl)cc23)noc1C. The van der Waals surface area contributed by atoms with E-state index in [1.807, 2.05) is 25.2 Å². The number of nitrogens with zero attached hydrogens (tertiary/aromatic N) is 2. The molecule has 3 aromatic rings. The zero-order valence-corrected chi connectivity index (χ0v) is 15.2. The number of ether oxygens (including phenoxy) is 1. The van der Waals surface area contributed by atoms with Crippen LogP contribution in [-0.4, -0.2) is 29.3 Å². The van der Waals surface area contributed by atoms with Gasteiger partial charge >= 0.3 is 0 Å². The van der Waals surface area contributed by atoms with Crippen molar-refractivity contribution < 1.29 is 14.1 Å². The Labute approximate surface area is 150 Å². The fourth-order valence-corrected chi connectivity index (χ4v) is 3.10. The number of methoxy groups -OCH3 is 1. The van der Waals surface area contributed by atoms with Crippen molar-refractivity contribution in [3.05, 3.63) is 52.0 Å². The summed E-state index contributed by atoms with van der Waals surface area (Å²) < 4.78 is 12.3. The fourth-order valence-electron chi connectivity index (χ4n) is 2.92. The Morgan fingerprint density at radius 1 is 1.44 bits per heavy atom. The molecule has 132 valence electrons. The van der Waals surface area contributed by atoms with Crippen LogP contribution < -0.4 is 5.32 Å². The molecule has 0 bridgehead atoms. The van der Waals surface area contributed by atoms with E-state index in [2.05, 4.69) is 21.2 Å². The van der Waals surface area contributed by atoms with Crippen molar-refractivity contribution in [3.63, 3.8) is 0 Å². The summed E-state index contributed by atoms with van der Waals surface area (Å²) in [6, 6.07) is 5.82. The molecule has 0 saturated heterocycles. The highest BCUT2D eigenvalue weighted by molar-refractivity contribution is 6.31. The number of aromatic nitrogens is 2. The van der Waals surface area contributed by atoms with Gasteiger partial charge in [-0.3, -0.25) is 4.79 Å². The summed E-state index contributed by atoms with van der Waals surface area (Å²) in [4.78, 5) is 12.4. The van der Waals surface area contributed by atoms with Gasteiger partial charge in [-0.15, -0.1) is 0 Å². The van der Waals surface area contributed by atoms with Gasteiger partial charge < -0.3 is 19.1 Å². The Bertz CT molecular complexity index is 914. The first-order valence-electron chi connectivity index (χ1n) is 7.97. The Hall–Kier alpha value is -2.31. The molecule has 0 spiro atoms. The number of halogens is 1. The molecular weight excluding hydrogens is 342 g/mol. The highest BCUT2D eigenvalue weighted by Crippen LogP contribution is 2.24. The average Bonchev–Trinajstić information content (AvgIpc) is 3.09. The molecule has 0 atom stereocenters. The van der Waals surface area contributed by atoms with Gasteiger partial charge in [0.1, 0.15) is 5.76 Å².